The van der Waals surface area contributed by atoms with E-state index in [9.17, 15) is 14.7 Å². The first-order chi connectivity index (χ1) is 8.51. The number of hydrogen-bond donors (Lipinski definition) is 1. The van der Waals surface area contributed by atoms with Crippen LogP contribution >= 0.6 is 9.24 Å². The van der Waals surface area contributed by atoms with Crippen LogP contribution in [-0.2, 0) is 18.1 Å². The molecule has 0 aliphatic rings. The van der Waals surface area contributed by atoms with Gasteiger partial charge in [-0.05, 0) is 0 Å². The second-order valence-corrected chi connectivity index (χ2v) is 4.03. The number of ether oxygens (including phenoxy) is 1. The highest BCUT2D eigenvalue weighted by atomic mass is 31.0. The molecule has 2 rings (SSSR count). The molecule has 0 saturated carbocycles. The Bertz CT molecular complexity index is 688. The van der Waals surface area contributed by atoms with E-state index >= 15 is 0 Å². The standard InChI is InChI=1S/C10H12N3O4P/c1-12-3-5-7(11-12)8(14)6(10(16)17-2)9(15)13(5)4-18/h3,14H,4,18H2,1-2H3. The normalized spacial score (nSPS) is 10.8. The summed E-state index contributed by atoms with van der Waals surface area (Å²) >= 11 is 0. The summed E-state index contributed by atoms with van der Waals surface area (Å²) in [6, 6.07) is 0. The summed E-state index contributed by atoms with van der Waals surface area (Å²) in [4.78, 5) is 23.6. The van der Waals surface area contributed by atoms with Crippen LogP contribution in [0.2, 0.25) is 0 Å². The first-order valence-electron chi connectivity index (χ1n) is 5.08. The predicted molar refractivity (Wildman–Crippen MR) is 67.7 cm³/mol. The van der Waals surface area contributed by atoms with Crippen molar-refractivity contribution in [2.24, 2.45) is 7.05 Å². The maximum atomic E-state index is 12.1. The van der Waals surface area contributed by atoms with Gasteiger partial charge >= 0.3 is 5.97 Å². The van der Waals surface area contributed by atoms with Gasteiger partial charge in [-0.25, -0.2) is 4.79 Å². The molecule has 0 fully saturated rings. The third kappa shape index (κ3) is 1.67. The fraction of sp³-hybridized carbons (Fsp3) is 0.300. The number of rotatable bonds is 2. The summed E-state index contributed by atoms with van der Waals surface area (Å²) in [6.45, 7) is 0. The summed E-state index contributed by atoms with van der Waals surface area (Å²) in [5, 5.41) is 14.0. The molecule has 0 radical (unpaired) electrons. The molecule has 96 valence electrons. The van der Waals surface area contributed by atoms with Gasteiger partial charge in [0.2, 0.25) is 0 Å². The highest BCUT2D eigenvalue weighted by Crippen LogP contribution is 2.25. The van der Waals surface area contributed by atoms with Gasteiger partial charge in [0.15, 0.2) is 16.8 Å². The highest BCUT2D eigenvalue weighted by molar-refractivity contribution is 7.15. The molecular formula is C10H12N3O4P. The lowest BCUT2D eigenvalue weighted by molar-refractivity contribution is 0.0595. The van der Waals surface area contributed by atoms with E-state index in [1.54, 1.807) is 13.2 Å². The van der Waals surface area contributed by atoms with E-state index in [2.05, 4.69) is 19.1 Å². The number of nitrogens with zero attached hydrogens (tertiary/aromatic N) is 3. The van der Waals surface area contributed by atoms with Crippen molar-refractivity contribution in [2.45, 2.75) is 6.29 Å². The minimum atomic E-state index is -0.878. The van der Waals surface area contributed by atoms with Gasteiger partial charge < -0.3 is 14.4 Å². The van der Waals surface area contributed by atoms with Crippen LogP contribution in [0.1, 0.15) is 10.4 Å². The van der Waals surface area contributed by atoms with Gasteiger partial charge in [0.1, 0.15) is 0 Å². The van der Waals surface area contributed by atoms with Gasteiger partial charge in [-0.2, -0.15) is 5.10 Å². The number of aromatic hydroxyl groups is 1. The largest absolute Gasteiger partial charge is 0.505 e. The Morgan fingerprint density at radius 2 is 2.28 bits per heavy atom. The molecule has 0 saturated heterocycles. The Labute approximate surface area is 104 Å². The van der Waals surface area contributed by atoms with E-state index in [-0.39, 0.29) is 11.8 Å². The number of aryl methyl sites for hydroxylation is 1. The second-order valence-electron chi connectivity index (χ2n) is 3.67. The molecule has 18 heavy (non-hydrogen) atoms. The van der Waals surface area contributed by atoms with Crippen LogP contribution in [0.4, 0.5) is 0 Å². The van der Waals surface area contributed by atoms with E-state index in [1.165, 1.54) is 9.25 Å². The topological polar surface area (TPSA) is 86.3 Å². The van der Waals surface area contributed by atoms with Gasteiger partial charge in [0, 0.05) is 19.5 Å². The molecule has 0 spiro atoms. The average molecular weight is 269 g/mol. The zero-order chi connectivity index (χ0) is 13.4. The Hall–Kier alpha value is -1.88. The number of esters is 1. The lowest BCUT2D eigenvalue weighted by Crippen LogP contribution is -2.26. The molecule has 0 amide bonds. The highest BCUT2D eigenvalue weighted by Gasteiger charge is 2.24. The summed E-state index contributed by atoms with van der Waals surface area (Å²) in [5.74, 6) is -1.32. The predicted octanol–water partition coefficient (Wildman–Crippen LogP) is 0.0598. The number of fused-ring (bicyclic) bond motifs is 1. The van der Waals surface area contributed by atoms with Crippen LogP contribution in [0.3, 0.4) is 0 Å². The van der Waals surface area contributed by atoms with Gasteiger partial charge in [-0.3, -0.25) is 9.48 Å². The van der Waals surface area contributed by atoms with Crippen molar-refractivity contribution in [3.8, 4) is 5.75 Å². The summed E-state index contributed by atoms with van der Waals surface area (Å²) in [6.07, 6.45) is 1.88. The Kier molecular flexibility index (Phi) is 3.09. The van der Waals surface area contributed by atoms with Crippen LogP contribution in [-0.4, -0.2) is 32.5 Å². The van der Waals surface area contributed by atoms with Crippen molar-refractivity contribution in [3.63, 3.8) is 0 Å². The Balaban J connectivity index is 2.96. The molecule has 2 aromatic rings. The Morgan fingerprint density at radius 1 is 1.61 bits per heavy atom. The molecule has 2 aromatic heterocycles. The molecule has 8 heteroatoms. The van der Waals surface area contributed by atoms with Crippen LogP contribution in [0.5, 0.6) is 5.75 Å². The Morgan fingerprint density at radius 3 is 2.83 bits per heavy atom. The van der Waals surface area contributed by atoms with E-state index < -0.39 is 22.8 Å². The van der Waals surface area contributed by atoms with Crippen LogP contribution in [0.25, 0.3) is 11.0 Å². The third-order valence-electron chi connectivity index (χ3n) is 2.59. The lowest BCUT2D eigenvalue weighted by Gasteiger charge is -2.08. The molecule has 1 N–H and O–H groups in total. The minimum absolute atomic E-state index is 0.194. The van der Waals surface area contributed by atoms with E-state index in [0.717, 1.165) is 7.11 Å². The molecule has 1 unspecified atom stereocenters. The number of pyridine rings is 1. The molecular weight excluding hydrogens is 257 g/mol. The second kappa shape index (κ2) is 4.42. The van der Waals surface area contributed by atoms with Gasteiger partial charge in [0.25, 0.3) is 5.56 Å². The maximum Gasteiger partial charge on any atom is 0.347 e. The third-order valence-corrected chi connectivity index (χ3v) is 2.96. The number of carbonyl (C=O) groups excluding carboxylic acids is 1. The first-order valence-corrected chi connectivity index (χ1v) is 5.90. The SMILES string of the molecule is COC(=O)c1c(O)c2nn(C)cc2n(CP)c1=O. The van der Waals surface area contributed by atoms with Crippen LogP contribution < -0.4 is 5.56 Å². The van der Waals surface area contributed by atoms with Crippen LogP contribution in [0, 0.1) is 0 Å². The molecule has 7 nitrogen and oxygen atoms in total. The van der Waals surface area contributed by atoms with Crippen molar-refractivity contribution in [3.05, 3.63) is 22.1 Å². The lowest BCUT2D eigenvalue weighted by atomic mass is 10.2. The van der Waals surface area contributed by atoms with E-state index in [0.29, 0.717) is 5.52 Å². The quantitative estimate of drug-likeness (QED) is 0.615. The number of methoxy groups -OCH3 is 1. The minimum Gasteiger partial charge on any atom is -0.505 e. The zero-order valence-electron chi connectivity index (χ0n) is 9.88. The molecule has 0 aliphatic heterocycles. The molecule has 1 atom stereocenters. The summed E-state index contributed by atoms with van der Waals surface area (Å²) in [5.41, 5.74) is -0.344. The van der Waals surface area contributed by atoms with Crippen molar-refractivity contribution in [1.82, 2.24) is 14.3 Å². The molecule has 0 aliphatic carbocycles. The van der Waals surface area contributed by atoms with Gasteiger partial charge in [-0.15, -0.1) is 9.24 Å². The van der Waals surface area contributed by atoms with Crippen LogP contribution in [0.15, 0.2) is 11.0 Å². The average Bonchev–Trinajstić information content (AvgIpc) is 2.71. The summed E-state index contributed by atoms with van der Waals surface area (Å²) in [7, 11) is 5.20. The molecule has 2 heterocycles. The summed E-state index contributed by atoms with van der Waals surface area (Å²) < 4.78 is 7.29. The number of carbonyl (C=O) groups is 1. The van der Waals surface area contributed by atoms with Crippen molar-refractivity contribution < 1.29 is 14.6 Å². The number of aromatic nitrogens is 3. The fourth-order valence-electron chi connectivity index (χ4n) is 1.77. The van der Waals surface area contributed by atoms with Gasteiger partial charge in [-0.1, -0.05) is 0 Å². The number of hydrogen-bond acceptors (Lipinski definition) is 5. The monoisotopic (exact) mass is 269 g/mol. The molecule has 0 aromatic carbocycles. The van der Waals surface area contributed by atoms with Crippen molar-refractivity contribution in [2.75, 3.05) is 7.11 Å². The van der Waals surface area contributed by atoms with Crippen molar-refractivity contribution in [1.29, 1.82) is 0 Å². The van der Waals surface area contributed by atoms with Crippen molar-refractivity contribution >= 4 is 26.2 Å². The first kappa shape index (κ1) is 12.6. The van der Waals surface area contributed by atoms with E-state index in [1.807, 2.05) is 0 Å². The zero-order valence-corrected chi connectivity index (χ0v) is 11.0. The smallest absolute Gasteiger partial charge is 0.347 e. The fourth-order valence-corrected chi connectivity index (χ4v) is 2.14. The van der Waals surface area contributed by atoms with Gasteiger partial charge in [0.05, 0.1) is 12.6 Å². The van der Waals surface area contributed by atoms with E-state index in [4.69, 9.17) is 0 Å². The maximum absolute atomic E-state index is 12.1. The molecule has 0 bridgehead atoms.